The van der Waals surface area contributed by atoms with Gasteiger partial charge in [-0.05, 0) is 103 Å². The minimum Gasteiger partial charge on any atom is -0.323 e. The van der Waals surface area contributed by atoms with Gasteiger partial charge >= 0.3 is 0 Å². The Kier molecular flexibility index (Phi) is 11.1. The van der Waals surface area contributed by atoms with Crippen LogP contribution in [0.25, 0.3) is 22.1 Å². The second-order valence-electron chi connectivity index (χ2n) is 14.5. The lowest BCUT2D eigenvalue weighted by atomic mass is 10.0. The zero-order chi connectivity index (χ0) is 39.5. The maximum atomic E-state index is 14.3. The summed E-state index contributed by atoms with van der Waals surface area (Å²) in [5.41, 5.74) is 7.14. The fraction of sp³-hybridized carbons (Fsp3) is 0.400. The van der Waals surface area contributed by atoms with E-state index in [0.717, 1.165) is 53.5 Å². The minimum atomic E-state index is -0.316. The molecule has 0 unspecified atom stereocenters. The van der Waals surface area contributed by atoms with Crippen LogP contribution in [-0.2, 0) is 37.4 Å². The van der Waals surface area contributed by atoms with Gasteiger partial charge in [-0.3, -0.25) is 39.2 Å². The minimum absolute atomic E-state index is 0.176. The molecule has 0 radical (unpaired) electrons. The van der Waals surface area contributed by atoms with Crippen LogP contribution in [0.15, 0.2) is 42.5 Å². The van der Waals surface area contributed by atoms with Crippen LogP contribution in [0.3, 0.4) is 0 Å². The summed E-state index contributed by atoms with van der Waals surface area (Å²) in [5, 5.41) is 18.5. The number of hydrogen-bond acceptors (Lipinski definition) is 9. The molecule has 4 aromatic heterocycles. The number of nitrogens with one attached hydrogen (secondary N) is 3. The van der Waals surface area contributed by atoms with Crippen LogP contribution < -0.4 is 16.0 Å². The molecule has 0 saturated carbocycles. The predicted octanol–water partition coefficient (Wildman–Crippen LogP) is 5.44. The van der Waals surface area contributed by atoms with Crippen molar-refractivity contribution in [3.05, 3.63) is 76.4 Å². The molecule has 16 nitrogen and oxygen atoms in total. The molecule has 0 atom stereocenters. The van der Waals surface area contributed by atoms with Gasteiger partial charge in [0, 0.05) is 37.3 Å². The number of benzene rings is 2. The van der Waals surface area contributed by atoms with Crippen molar-refractivity contribution in [2.24, 2.45) is 0 Å². The molecule has 3 amide bonds. The highest BCUT2D eigenvalue weighted by Gasteiger charge is 2.25. The van der Waals surface area contributed by atoms with Gasteiger partial charge in [0.2, 0.25) is 17.8 Å². The van der Waals surface area contributed by atoms with E-state index in [1.165, 1.54) is 0 Å². The number of rotatable bonds is 5. The number of para-hydroxylation sites is 1. The molecule has 0 fully saturated rings. The normalized spacial score (nSPS) is 14.7. The number of aryl methyl sites for hydroxylation is 6. The van der Waals surface area contributed by atoms with Crippen molar-refractivity contribution in [1.29, 1.82) is 0 Å². The largest absolute Gasteiger partial charge is 0.323 e. The first-order valence-corrected chi connectivity index (χ1v) is 19.2. The Morgan fingerprint density at radius 2 is 1.61 bits per heavy atom. The Bertz CT molecular complexity index is 2450. The summed E-state index contributed by atoms with van der Waals surface area (Å²) in [6.07, 6.45) is 5.17. The average Bonchev–Trinajstić information content (AvgIpc) is 3.90. The van der Waals surface area contributed by atoms with Gasteiger partial charge in [-0.15, -0.1) is 0 Å². The van der Waals surface area contributed by atoms with Gasteiger partial charge in [0.25, 0.3) is 11.8 Å². The van der Waals surface area contributed by atoms with Gasteiger partial charge in [-0.2, -0.15) is 10.2 Å². The lowest BCUT2D eigenvalue weighted by Crippen LogP contribution is -2.27. The zero-order valence-corrected chi connectivity index (χ0v) is 32.6. The van der Waals surface area contributed by atoms with Gasteiger partial charge in [0.1, 0.15) is 23.2 Å². The first-order chi connectivity index (χ1) is 27.0. The molecular weight excluding hydrogens is 713 g/mol. The molecule has 3 N–H and O–H groups in total. The highest BCUT2D eigenvalue weighted by Crippen LogP contribution is 2.29. The monoisotopic (exact) mass is 760 g/mol. The molecule has 1 aliphatic rings. The first kappa shape index (κ1) is 38.1. The lowest BCUT2D eigenvalue weighted by Gasteiger charge is -2.13. The van der Waals surface area contributed by atoms with E-state index >= 15 is 0 Å². The molecule has 2 aromatic carbocycles. The quantitative estimate of drug-likeness (QED) is 0.193. The summed E-state index contributed by atoms with van der Waals surface area (Å²) >= 11 is 0. The molecule has 1 aliphatic heterocycles. The van der Waals surface area contributed by atoms with Crippen LogP contribution >= 0.6 is 0 Å². The van der Waals surface area contributed by atoms with Gasteiger partial charge in [-0.1, -0.05) is 12.5 Å². The molecule has 0 saturated heterocycles. The van der Waals surface area contributed by atoms with E-state index in [9.17, 15) is 19.2 Å². The first-order valence-electron chi connectivity index (χ1n) is 19.2. The fourth-order valence-electron chi connectivity index (χ4n) is 7.49. The van der Waals surface area contributed by atoms with E-state index in [-0.39, 0.29) is 24.3 Å². The topological polar surface area (TPSA) is 179 Å². The average molecular weight is 761 g/mol. The number of anilines is 3. The van der Waals surface area contributed by atoms with Gasteiger partial charge in [0.15, 0.2) is 0 Å². The SMILES string of the molecule is CCn1nc(C)c2c1C(=O)Nc1nc3c(NC(=O)CN(C)C)cccc3n1CCCCn1c(nc3cc(C=O)ccc31)NC(=O)c1cc(C)nn1CCCCC2. The number of imidazole rings is 2. The molecule has 0 spiro atoms. The number of carbonyl (C=O) groups excluding carboxylic acids is 4. The summed E-state index contributed by atoms with van der Waals surface area (Å²) in [4.78, 5) is 64.1. The fourth-order valence-corrected chi connectivity index (χ4v) is 7.49. The van der Waals surface area contributed by atoms with Crippen molar-refractivity contribution in [2.75, 3.05) is 36.6 Å². The number of carbonyl (C=O) groups is 4. The highest BCUT2D eigenvalue weighted by molar-refractivity contribution is 6.06. The van der Waals surface area contributed by atoms with Crippen LogP contribution in [0.1, 0.15) is 87.3 Å². The van der Waals surface area contributed by atoms with Crippen molar-refractivity contribution in [1.82, 2.24) is 43.6 Å². The summed E-state index contributed by atoms with van der Waals surface area (Å²) in [7, 11) is 3.66. The summed E-state index contributed by atoms with van der Waals surface area (Å²) in [6, 6.07) is 12.7. The summed E-state index contributed by atoms with van der Waals surface area (Å²) < 4.78 is 7.43. The summed E-state index contributed by atoms with van der Waals surface area (Å²) in [5.74, 6) is -0.0481. The van der Waals surface area contributed by atoms with E-state index in [1.807, 2.05) is 68.3 Å². The smallest absolute Gasteiger partial charge is 0.276 e. The third kappa shape index (κ3) is 7.82. The van der Waals surface area contributed by atoms with Crippen molar-refractivity contribution in [3.8, 4) is 0 Å². The number of hydrogen-bond donors (Lipinski definition) is 3. The molecule has 5 heterocycles. The van der Waals surface area contributed by atoms with Crippen molar-refractivity contribution >= 4 is 63.7 Å². The van der Waals surface area contributed by atoms with Gasteiger partial charge in [0.05, 0.1) is 40.2 Å². The van der Waals surface area contributed by atoms with Crippen molar-refractivity contribution < 1.29 is 19.2 Å². The van der Waals surface area contributed by atoms with Gasteiger partial charge < -0.3 is 19.4 Å². The molecular formula is C40H48N12O4. The van der Waals surface area contributed by atoms with Crippen molar-refractivity contribution in [2.45, 2.75) is 85.5 Å². The maximum absolute atomic E-state index is 14.3. The maximum Gasteiger partial charge on any atom is 0.276 e. The Morgan fingerprint density at radius 3 is 2.36 bits per heavy atom. The second kappa shape index (κ2) is 16.3. The number of fused-ring (bicyclic) bond motifs is 8. The van der Waals surface area contributed by atoms with Crippen molar-refractivity contribution in [3.63, 3.8) is 0 Å². The number of aldehydes is 1. The number of amides is 3. The molecule has 0 aliphatic carbocycles. The molecule has 6 aromatic rings. The molecule has 292 valence electrons. The highest BCUT2D eigenvalue weighted by atomic mass is 16.2. The molecule has 56 heavy (non-hydrogen) atoms. The number of nitrogens with zero attached hydrogens (tertiary/aromatic N) is 9. The van der Waals surface area contributed by atoms with Crippen LogP contribution in [-0.4, -0.2) is 88.2 Å². The van der Waals surface area contributed by atoms with Crippen LogP contribution in [0.4, 0.5) is 17.6 Å². The zero-order valence-electron chi connectivity index (χ0n) is 32.6. The second-order valence-corrected chi connectivity index (χ2v) is 14.5. The summed E-state index contributed by atoms with van der Waals surface area (Å²) in [6.45, 7) is 8.03. The van der Waals surface area contributed by atoms with Crippen LogP contribution in [0.5, 0.6) is 0 Å². The Balaban J connectivity index is 1.28. The van der Waals surface area contributed by atoms with Gasteiger partial charge in [-0.25, -0.2) is 9.97 Å². The van der Waals surface area contributed by atoms with E-state index < -0.39 is 0 Å². The Hall–Kier alpha value is -6.16. The predicted molar refractivity (Wildman–Crippen MR) is 214 cm³/mol. The van der Waals surface area contributed by atoms with Crippen LogP contribution in [0, 0.1) is 13.8 Å². The third-order valence-corrected chi connectivity index (χ3v) is 10.1. The Labute approximate surface area is 324 Å². The third-order valence-electron chi connectivity index (χ3n) is 10.1. The van der Waals surface area contributed by atoms with E-state index in [2.05, 4.69) is 21.0 Å². The van der Waals surface area contributed by atoms with E-state index in [4.69, 9.17) is 15.1 Å². The van der Waals surface area contributed by atoms with E-state index in [1.54, 1.807) is 32.5 Å². The molecule has 0 bridgehead atoms. The molecule has 16 heteroatoms. The van der Waals surface area contributed by atoms with E-state index in [0.29, 0.717) is 91.0 Å². The van der Waals surface area contributed by atoms with Crippen LogP contribution in [0.2, 0.25) is 0 Å². The lowest BCUT2D eigenvalue weighted by molar-refractivity contribution is -0.116. The number of aromatic nitrogens is 8. The Morgan fingerprint density at radius 1 is 0.875 bits per heavy atom. The standard InChI is InChI=1S/C40H48N12O4/c1-6-51-36-28(26(3)47-51)13-8-7-9-20-52-33(21-25(2)46-52)37(55)44-39-42-30-22-27(24-53)16-17-31(30)49(39)18-10-11-19-50-32-15-12-14-29(41-34(54)23-48(4)5)35(32)43-40(50)45-38(36)56/h12,14-17,21-22,24H,6-11,13,18-20,23H2,1-5H3,(H,41,54)(H,42,44,55)(H,43,45,56). The number of likely N-dealkylation sites (N-methyl/N-ethyl adjacent to an activating group) is 1. The molecule has 7 rings (SSSR count).